The molecule has 0 radical (unpaired) electrons. The average Bonchev–Trinajstić information content (AvgIpc) is 2.52. The van der Waals surface area contributed by atoms with Crippen LogP contribution in [-0.4, -0.2) is 22.9 Å². The highest BCUT2D eigenvalue weighted by molar-refractivity contribution is 5.36. The maximum atomic E-state index is 5.61. The minimum Gasteiger partial charge on any atom is -0.370 e. The fourth-order valence-corrected chi connectivity index (χ4v) is 2.08. The lowest BCUT2D eigenvalue weighted by Crippen LogP contribution is -2.18. The minimum atomic E-state index is 0.360. The second kappa shape index (κ2) is 6.05. The van der Waals surface area contributed by atoms with Crippen molar-refractivity contribution in [2.24, 2.45) is 18.2 Å². The number of nitrogens with two attached hydrogens (primary N) is 1. The van der Waals surface area contributed by atoms with Crippen LogP contribution < -0.4 is 11.1 Å². The fourth-order valence-electron chi connectivity index (χ4n) is 2.08. The highest BCUT2D eigenvalue weighted by atomic mass is 15.3. The van der Waals surface area contributed by atoms with Gasteiger partial charge in [0.05, 0.1) is 5.69 Å². The molecule has 0 saturated heterocycles. The number of anilines is 1. The summed E-state index contributed by atoms with van der Waals surface area (Å²) < 4.78 is 1.89. The molecule has 4 nitrogen and oxygen atoms in total. The van der Waals surface area contributed by atoms with Gasteiger partial charge in [0.2, 0.25) is 0 Å². The first kappa shape index (κ1) is 14.0. The van der Waals surface area contributed by atoms with Gasteiger partial charge < -0.3 is 11.1 Å². The Balaban J connectivity index is 2.27. The molecule has 0 aliphatic carbocycles. The Hall–Kier alpha value is -1.03. The molecular weight excluding hydrogens is 212 g/mol. The van der Waals surface area contributed by atoms with Crippen LogP contribution in [0.2, 0.25) is 0 Å². The molecule has 3 N–H and O–H groups in total. The van der Waals surface area contributed by atoms with Crippen LogP contribution >= 0.6 is 0 Å². The van der Waals surface area contributed by atoms with Crippen LogP contribution in [0, 0.1) is 12.3 Å². The second-order valence-electron chi connectivity index (χ2n) is 5.53. The maximum absolute atomic E-state index is 5.61. The van der Waals surface area contributed by atoms with Crippen molar-refractivity contribution in [2.75, 3.05) is 18.4 Å². The number of nitrogens with one attached hydrogen (secondary N) is 1. The lowest BCUT2D eigenvalue weighted by atomic mass is 9.84. The fraction of sp³-hybridized carbons (Fsp3) is 0.769. The Bertz CT molecular complexity index is 341. The van der Waals surface area contributed by atoms with Gasteiger partial charge in [0.25, 0.3) is 0 Å². The first-order chi connectivity index (χ1) is 7.94. The summed E-state index contributed by atoms with van der Waals surface area (Å²) in [5.41, 5.74) is 7.02. The zero-order valence-electron chi connectivity index (χ0n) is 11.6. The topological polar surface area (TPSA) is 55.9 Å². The number of nitrogens with zero attached hydrogens (tertiary/aromatic N) is 2. The van der Waals surface area contributed by atoms with Gasteiger partial charge in [-0.05, 0) is 38.1 Å². The zero-order chi connectivity index (χ0) is 12.9. The van der Waals surface area contributed by atoms with Crippen LogP contribution in [0.25, 0.3) is 0 Å². The van der Waals surface area contributed by atoms with Crippen LogP contribution in [0.15, 0.2) is 6.07 Å². The van der Waals surface area contributed by atoms with Gasteiger partial charge in [-0.1, -0.05) is 13.8 Å². The molecule has 4 heteroatoms. The molecule has 0 bridgehead atoms. The van der Waals surface area contributed by atoms with Gasteiger partial charge in [0.1, 0.15) is 5.82 Å². The zero-order valence-corrected chi connectivity index (χ0v) is 11.6. The molecule has 0 saturated carbocycles. The van der Waals surface area contributed by atoms with Crippen molar-refractivity contribution in [3.8, 4) is 0 Å². The molecular formula is C13H26N4. The normalized spacial score (nSPS) is 11.8. The summed E-state index contributed by atoms with van der Waals surface area (Å²) in [6, 6.07) is 2.07. The highest BCUT2D eigenvalue weighted by Crippen LogP contribution is 2.25. The third kappa shape index (κ3) is 4.77. The number of hydrogen-bond donors (Lipinski definition) is 2. The molecule has 0 fully saturated rings. The molecule has 0 atom stereocenters. The van der Waals surface area contributed by atoms with Gasteiger partial charge in [-0.3, -0.25) is 4.68 Å². The first-order valence-corrected chi connectivity index (χ1v) is 6.39. The van der Waals surface area contributed by atoms with E-state index in [2.05, 4.69) is 30.3 Å². The molecule has 1 aromatic rings. The molecule has 0 aromatic carbocycles. The summed E-state index contributed by atoms with van der Waals surface area (Å²) in [4.78, 5) is 0. The summed E-state index contributed by atoms with van der Waals surface area (Å²) in [5, 5.41) is 7.72. The van der Waals surface area contributed by atoms with Gasteiger partial charge in [-0.15, -0.1) is 0 Å². The van der Waals surface area contributed by atoms with E-state index in [1.807, 2.05) is 18.7 Å². The van der Waals surface area contributed by atoms with Crippen molar-refractivity contribution in [3.05, 3.63) is 11.8 Å². The molecule has 0 unspecified atom stereocenters. The van der Waals surface area contributed by atoms with E-state index in [-0.39, 0.29) is 0 Å². The Morgan fingerprint density at radius 3 is 2.65 bits per heavy atom. The van der Waals surface area contributed by atoms with Gasteiger partial charge in [0.15, 0.2) is 0 Å². The third-order valence-electron chi connectivity index (χ3n) is 3.16. The molecule has 98 valence electrons. The van der Waals surface area contributed by atoms with Gasteiger partial charge in [-0.2, -0.15) is 5.10 Å². The maximum Gasteiger partial charge on any atom is 0.124 e. The Morgan fingerprint density at radius 2 is 2.12 bits per heavy atom. The molecule has 1 heterocycles. The van der Waals surface area contributed by atoms with Crippen molar-refractivity contribution in [2.45, 2.75) is 40.0 Å². The number of aromatic nitrogens is 2. The van der Waals surface area contributed by atoms with Crippen molar-refractivity contribution in [1.82, 2.24) is 9.78 Å². The standard InChI is InChI=1S/C13H26N4/c1-11-10-12(17(4)16-11)15-9-5-6-13(2,3)7-8-14/h10,15H,5-9,14H2,1-4H3. The van der Waals surface area contributed by atoms with Crippen LogP contribution in [0.1, 0.15) is 38.8 Å². The van der Waals surface area contributed by atoms with Crippen LogP contribution in [0.3, 0.4) is 0 Å². The number of aryl methyl sites for hydroxylation is 2. The predicted octanol–water partition coefficient (Wildman–Crippen LogP) is 2.30. The van der Waals surface area contributed by atoms with Gasteiger partial charge in [0, 0.05) is 19.7 Å². The van der Waals surface area contributed by atoms with E-state index in [1.54, 1.807) is 0 Å². The summed E-state index contributed by atoms with van der Waals surface area (Å²) in [6.45, 7) is 8.35. The largest absolute Gasteiger partial charge is 0.370 e. The molecule has 0 spiro atoms. The molecule has 17 heavy (non-hydrogen) atoms. The highest BCUT2D eigenvalue weighted by Gasteiger charge is 2.15. The smallest absolute Gasteiger partial charge is 0.124 e. The van der Waals surface area contributed by atoms with E-state index in [1.165, 1.54) is 6.42 Å². The summed E-state index contributed by atoms with van der Waals surface area (Å²) in [6.07, 6.45) is 3.46. The average molecular weight is 238 g/mol. The summed E-state index contributed by atoms with van der Waals surface area (Å²) >= 11 is 0. The SMILES string of the molecule is Cc1cc(NCCCC(C)(C)CCN)n(C)n1. The summed E-state index contributed by atoms with van der Waals surface area (Å²) in [5.74, 6) is 1.10. The minimum absolute atomic E-state index is 0.360. The lowest BCUT2D eigenvalue weighted by Gasteiger charge is -2.23. The molecule has 0 amide bonds. The number of rotatable bonds is 7. The Kier molecular flexibility index (Phi) is 5.00. The van der Waals surface area contributed by atoms with Crippen LogP contribution in [0.4, 0.5) is 5.82 Å². The summed E-state index contributed by atoms with van der Waals surface area (Å²) in [7, 11) is 1.97. The number of hydrogen-bond acceptors (Lipinski definition) is 3. The van der Waals surface area contributed by atoms with Crippen molar-refractivity contribution < 1.29 is 0 Å². The van der Waals surface area contributed by atoms with Gasteiger partial charge >= 0.3 is 0 Å². The van der Waals surface area contributed by atoms with E-state index < -0.39 is 0 Å². The van der Waals surface area contributed by atoms with Gasteiger partial charge in [-0.25, -0.2) is 0 Å². The van der Waals surface area contributed by atoms with E-state index in [4.69, 9.17) is 5.73 Å². The molecule has 1 rings (SSSR count). The monoisotopic (exact) mass is 238 g/mol. The quantitative estimate of drug-likeness (QED) is 0.717. The Morgan fingerprint density at radius 1 is 1.41 bits per heavy atom. The van der Waals surface area contributed by atoms with Crippen LogP contribution in [0.5, 0.6) is 0 Å². The van der Waals surface area contributed by atoms with E-state index in [9.17, 15) is 0 Å². The van der Waals surface area contributed by atoms with E-state index >= 15 is 0 Å². The van der Waals surface area contributed by atoms with Crippen molar-refractivity contribution in [3.63, 3.8) is 0 Å². The van der Waals surface area contributed by atoms with Crippen molar-refractivity contribution >= 4 is 5.82 Å². The second-order valence-corrected chi connectivity index (χ2v) is 5.53. The predicted molar refractivity (Wildman–Crippen MR) is 73.1 cm³/mol. The van der Waals surface area contributed by atoms with E-state index in [0.29, 0.717) is 5.41 Å². The van der Waals surface area contributed by atoms with Crippen LogP contribution in [-0.2, 0) is 7.05 Å². The lowest BCUT2D eigenvalue weighted by molar-refractivity contribution is 0.308. The first-order valence-electron chi connectivity index (χ1n) is 6.39. The van der Waals surface area contributed by atoms with Crippen molar-refractivity contribution in [1.29, 1.82) is 0 Å². The third-order valence-corrected chi connectivity index (χ3v) is 3.16. The Labute approximate surface area is 105 Å². The molecule has 0 aliphatic heterocycles. The molecule has 0 aliphatic rings. The van der Waals surface area contributed by atoms with E-state index in [0.717, 1.165) is 37.4 Å². The molecule has 1 aromatic heterocycles.